The minimum Gasteiger partial charge on any atom is -0.364 e. The van der Waals surface area contributed by atoms with E-state index in [4.69, 9.17) is 4.74 Å². The lowest BCUT2D eigenvalue weighted by atomic mass is 9.67. The minimum atomic E-state index is -0.256. The third-order valence-corrected chi connectivity index (χ3v) is 8.53. The summed E-state index contributed by atoms with van der Waals surface area (Å²) in [5.74, 6) is 0.690. The number of aryl methyl sites for hydroxylation is 1. The number of halogens is 2. The molecule has 3 aromatic rings. The van der Waals surface area contributed by atoms with E-state index in [1.807, 2.05) is 4.90 Å². The SMILES string of the molecule is COCN1C(=O)C(CCN2CCN(c3nsc4ccc(F)cc34)CC2)C(C)(C)c2cccc(C)c21.Cl. The van der Waals surface area contributed by atoms with Gasteiger partial charge in [-0.05, 0) is 60.7 Å². The van der Waals surface area contributed by atoms with Crippen LogP contribution in [0.4, 0.5) is 15.9 Å². The number of ether oxygens (including phenoxy) is 1. The summed E-state index contributed by atoms with van der Waals surface area (Å²) in [5, 5.41) is 0.894. The fourth-order valence-corrected chi connectivity index (χ4v) is 6.47. The molecule has 0 N–H and O–H groups in total. The minimum absolute atomic E-state index is 0. The van der Waals surface area contributed by atoms with Gasteiger partial charge in [0.1, 0.15) is 18.4 Å². The van der Waals surface area contributed by atoms with Gasteiger partial charge in [-0.2, -0.15) is 4.37 Å². The molecule has 0 bridgehead atoms. The predicted molar refractivity (Wildman–Crippen MR) is 147 cm³/mol. The van der Waals surface area contributed by atoms with Gasteiger partial charge in [0.15, 0.2) is 0 Å². The fraction of sp³-hybridized carbons (Fsp3) is 0.481. The molecule has 3 heterocycles. The Bertz CT molecular complexity index is 1240. The third-order valence-electron chi connectivity index (χ3n) is 7.71. The number of aromatic nitrogens is 1. The average Bonchev–Trinajstić information content (AvgIpc) is 3.25. The molecule has 194 valence electrons. The number of hydrogen-bond donors (Lipinski definition) is 0. The number of fused-ring (bicyclic) bond motifs is 2. The Morgan fingerprint density at radius 3 is 2.64 bits per heavy atom. The van der Waals surface area contributed by atoms with E-state index < -0.39 is 0 Å². The maximum absolute atomic E-state index is 13.8. The molecular formula is C27H34ClFN4O2S. The van der Waals surface area contributed by atoms with Crippen LogP contribution < -0.4 is 9.80 Å². The molecule has 0 spiro atoms. The zero-order valence-corrected chi connectivity index (χ0v) is 22.9. The van der Waals surface area contributed by atoms with Gasteiger partial charge < -0.3 is 9.64 Å². The van der Waals surface area contributed by atoms with Crippen molar-refractivity contribution in [3.05, 3.63) is 53.3 Å². The Hall–Kier alpha value is -2.26. The van der Waals surface area contributed by atoms with Crippen molar-refractivity contribution in [1.29, 1.82) is 0 Å². The standard InChI is InChI=1S/C27H33FN4O2S.ClH/c1-18-6-5-7-21-24(18)32(17-34-4)26(33)22(27(21,2)3)10-11-30-12-14-31(15-13-30)25-20-16-19(28)8-9-23(20)35-29-25;/h5-9,16,22H,10-15,17H2,1-4H3;1H. The number of piperazine rings is 1. The van der Waals surface area contributed by atoms with Crippen LogP contribution in [0.5, 0.6) is 0 Å². The molecule has 0 radical (unpaired) electrons. The molecule has 1 unspecified atom stereocenters. The predicted octanol–water partition coefficient (Wildman–Crippen LogP) is 5.22. The second-order valence-electron chi connectivity index (χ2n) is 10.2. The van der Waals surface area contributed by atoms with E-state index in [2.05, 4.69) is 53.1 Å². The smallest absolute Gasteiger partial charge is 0.232 e. The van der Waals surface area contributed by atoms with E-state index >= 15 is 0 Å². The molecule has 2 aliphatic heterocycles. The third kappa shape index (κ3) is 4.72. The number of benzene rings is 2. The molecule has 36 heavy (non-hydrogen) atoms. The zero-order chi connectivity index (χ0) is 24.7. The first-order valence-electron chi connectivity index (χ1n) is 12.2. The molecule has 2 aromatic carbocycles. The van der Waals surface area contributed by atoms with E-state index in [0.29, 0.717) is 0 Å². The summed E-state index contributed by atoms with van der Waals surface area (Å²) in [6, 6.07) is 11.2. The van der Waals surface area contributed by atoms with Crippen molar-refractivity contribution in [2.24, 2.45) is 5.92 Å². The lowest BCUT2D eigenvalue weighted by Gasteiger charge is -2.45. The van der Waals surface area contributed by atoms with Crippen molar-refractivity contribution >= 4 is 51.4 Å². The number of amides is 1. The van der Waals surface area contributed by atoms with E-state index in [1.165, 1.54) is 23.2 Å². The van der Waals surface area contributed by atoms with Crippen LogP contribution in [0.2, 0.25) is 0 Å². The average molecular weight is 533 g/mol. The molecule has 9 heteroatoms. The van der Waals surface area contributed by atoms with Gasteiger partial charge in [-0.1, -0.05) is 32.0 Å². The Balaban J connectivity index is 0.00000304. The van der Waals surface area contributed by atoms with Crippen LogP contribution in [0.25, 0.3) is 10.1 Å². The van der Waals surface area contributed by atoms with Crippen molar-refractivity contribution < 1.29 is 13.9 Å². The van der Waals surface area contributed by atoms with Gasteiger partial charge in [-0.15, -0.1) is 12.4 Å². The van der Waals surface area contributed by atoms with Crippen LogP contribution in [-0.2, 0) is 14.9 Å². The molecule has 5 rings (SSSR count). The van der Waals surface area contributed by atoms with Crippen LogP contribution >= 0.6 is 23.9 Å². The van der Waals surface area contributed by atoms with Crippen LogP contribution in [-0.4, -0.2) is 61.7 Å². The number of rotatable bonds is 6. The van der Waals surface area contributed by atoms with Crippen LogP contribution in [0.1, 0.15) is 31.4 Å². The highest BCUT2D eigenvalue weighted by Gasteiger charge is 2.46. The van der Waals surface area contributed by atoms with Crippen LogP contribution in [0, 0.1) is 18.7 Å². The van der Waals surface area contributed by atoms with Gasteiger partial charge >= 0.3 is 0 Å². The fourth-order valence-electron chi connectivity index (χ4n) is 5.69. The van der Waals surface area contributed by atoms with Crippen molar-refractivity contribution in [3.63, 3.8) is 0 Å². The zero-order valence-electron chi connectivity index (χ0n) is 21.3. The molecule has 6 nitrogen and oxygen atoms in total. The first-order valence-corrected chi connectivity index (χ1v) is 13.0. The highest BCUT2D eigenvalue weighted by molar-refractivity contribution is 7.13. The maximum Gasteiger partial charge on any atom is 0.232 e. The maximum atomic E-state index is 13.8. The van der Waals surface area contributed by atoms with Crippen molar-refractivity contribution in [2.75, 3.05) is 56.4 Å². The molecule has 0 aliphatic carbocycles. The summed E-state index contributed by atoms with van der Waals surface area (Å²) in [5.41, 5.74) is 3.06. The van der Waals surface area contributed by atoms with Gasteiger partial charge in [0.25, 0.3) is 0 Å². The summed E-state index contributed by atoms with van der Waals surface area (Å²) in [6.45, 7) is 11.1. The first kappa shape index (κ1) is 26.8. The Kier molecular flexibility index (Phi) is 7.90. The van der Waals surface area contributed by atoms with Gasteiger partial charge in [0.2, 0.25) is 5.91 Å². The lowest BCUT2D eigenvalue weighted by Crippen LogP contribution is -2.52. The van der Waals surface area contributed by atoms with E-state index in [-0.39, 0.29) is 42.2 Å². The van der Waals surface area contributed by atoms with Crippen LogP contribution in [0.3, 0.4) is 0 Å². The monoisotopic (exact) mass is 532 g/mol. The second kappa shape index (κ2) is 10.6. The number of carbonyl (C=O) groups is 1. The van der Waals surface area contributed by atoms with E-state index in [0.717, 1.165) is 66.3 Å². The van der Waals surface area contributed by atoms with Crippen molar-refractivity contribution in [3.8, 4) is 0 Å². The normalized spacial score (nSPS) is 19.9. The quantitative estimate of drug-likeness (QED) is 0.435. The molecule has 1 aromatic heterocycles. The van der Waals surface area contributed by atoms with Gasteiger partial charge in [0.05, 0.1) is 10.4 Å². The molecule has 1 atom stereocenters. The van der Waals surface area contributed by atoms with Gasteiger partial charge in [-0.3, -0.25) is 14.6 Å². The topological polar surface area (TPSA) is 48.9 Å². The van der Waals surface area contributed by atoms with Crippen molar-refractivity contribution in [1.82, 2.24) is 9.27 Å². The van der Waals surface area contributed by atoms with Crippen molar-refractivity contribution in [2.45, 2.75) is 32.6 Å². The Morgan fingerprint density at radius 1 is 1.17 bits per heavy atom. The molecule has 1 amide bonds. The number of hydrogen-bond acceptors (Lipinski definition) is 6. The molecular weight excluding hydrogens is 499 g/mol. The summed E-state index contributed by atoms with van der Waals surface area (Å²) >= 11 is 1.42. The van der Waals surface area contributed by atoms with E-state index in [1.54, 1.807) is 19.2 Å². The summed E-state index contributed by atoms with van der Waals surface area (Å²) < 4.78 is 24.8. The number of para-hydroxylation sites is 1. The van der Waals surface area contributed by atoms with Gasteiger partial charge in [-0.25, -0.2) is 4.39 Å². The van der Waals surface area contributed by atoms with E-state index in [9.17, 15) is 9.18 Å². The highest BCUT2D eigenvalue weighted by atomic mass is 35.5. The summed E-state index contributed by atoms with van der Waals surface area (Å²) in [6.07, 6.45) is 0.796. The molecule has 2 aliphatic rings. The first-order chi connectivity index (χ1) is 16.8. The lowest BCUT2D eigenvalue weighted by molar-refractivity contribution is -0.126. The summed E-state index contributed by atoms with van der Waals surface area (Å²) in [7, 11) is 1.64. The second-order valence-corrected chi connectivity index (χ2v) is 11.0. The molecule has 1 saturated heterocycles. The number of anilines is 2. The molecule has 0 saturated carbocycles. The Morgan fingerprint density at radius 2 is 1.92 bits per heavy atom. The Labute approximate surface area is 222 Å². The number of carbonyl (C=O) groups excluding carboxylic acids is 1. The largest absolute Gasteiger partial charge is 0.364 e. The number of nitrogens with zero attached hydrogens (tertiary/aromatic N) is 4. The number of methoxy groups -OCH3 is 1. The summed E-state index contributed by atoms with van der Waals surface area (Å²) in [4.78, 5) is 20.2. The van der Waals surface area contributed by atoms with Crippen LogP contribution in [0.15, 0.2) is 36.4 Å². The molecule has 1 fully saturated rings. The highest BCUT2D eigenvalue weighted by Crippen LogP contribution is 2.46. The van der Waals surface area contributed by atoms with Gasteiger partial charge in [0, 0.05) is 50.0 Å².